The standard InChI is InChI=1S/C20H24F2N4O2/c1-12-19(13(2)26(24-12)18-6-5-14(21)8-17(18)22)20(27)23-9-16-10-25-7-3-4-15(25)11-28-16/h5-6,8,15-16H,3-4,7,9-11H2,1-2H3,(H,23,27)/t15-,16+/m0/s1. The molecule has 1 N–H and O–H groups in total. The number of carbonyl (C=O) groups is 1. The van der Waals surface area contributed by atoms with E-state index in [0.29, 0.717) is 36.1 Å². The summed E-state index contributed by atoms with van der Waals surface area (Å²) in [6.07, 6.45) is 2.34. The van der Waals surface area contributed by atoms with Crippen LogP contribution in [-0.4, -0.2) is 59.0 Å². The molecule has 2 aromatic rings. The molecule has 0 spiro atoms. The normalized spacial score (nSPS) is 22.3. The van der Waals surface area contributed by atoms with E-state index < -0.39 is 11.6 Å². The molecule has 0 bridgehead atoms. The summed E-state index contributed by atoms with van der Waals surface area (Å²) in [7, 11) is 0. The van der Waals surface area contributed by atoms with Gasteiger partial charge in [0, 0.05) is 25.2 Å². The average molecular weight is 390 g/mol. The van der Waals surface area contributed by atoms with Crippen LogP contribution in [0, 0.1) is 25.5 Å². The fourth-order valence-corrected chi connectivity index (χ4v) is 4.16. The second kappa shape index (κ2) is 7.60. The van der Waals surface area contributed by atoms with Crippen LogP contribution in [0.15, 0.2) is 18.2 Å². The number of halogens is 2. The fourth-order valence-electron chi connectivity index (χ4n) is 4.16. The molecule has 0 aliphatic carbocycles. The molecule has 2 atom stereocenters. The number of rotatable bonds is 4. The van der Waals surface area contributed by atoms with Gasteiger partial charge in [-0.15, -0.1) is 0 Å². The predicted octanol–water partition coefficient (Wildman–Crippen LogP) is 2.36. The Morgan fingerprint density at radius 1 is 1.36 bits per heavy atom. The zero-order valence-electron chi connectivity index (χ0n) is 16.0. The first kappa shape index (κ1) is 19.0. The van der Waals surface area contributed by atoms with Gasteiger partial charge in [-0.2, -0.15) is 5.10 Å². The van der Waals surface area contributed by atoms with Crippen molar-refractivity contribution in [3.05, 3.63) is 46.8 Å². The first-order valence-corrected chi connectivity index (χ1v) is 9.59. The van der Waals surface area contributed by atoms with Crippen LogP contribution in [0.5, 0.6) is 0 Å². The highest BCUT2D eigenvalue weighted by atomic mass is 19.1. The quantitative estimate of drug-likeness (QED) is 0.871. The third-order valence-corrected chi connectivity index (χ3v) is 5.61. The van der Waals surface area contributed by atoms with Gasteiger partial charge in [0.05, 0.1) is 29.7 Å². The van der Waals surface area contributed by atoms with Gasteiger partial charge < -0.3 is 10.1 Å². The molecule has 6 nitrogen and oxygen atoms in total. The molecule has 0 unspecified atom stereocenters. The maximum atomic E-state index is 14.1. The van der Waals surface area contributed by atoms with Crippen molar-refractivity contribution in [2.75, 3.05) is 26.2 Å². The number of carbonyl (C=O) groups excluding carboxylic acids is 1. The third-order valence-electron chi connectivity index (χ3n) is 5.61. The summed E-state index contributed by atoms with van der Waals surface area (Å²) in [6.45, 7) is 6.43. The highest BCUT2D eigenvalue weighted by molar-refractivity contribution is 5.96. The highest BCUT2D eigenvalue weighted by Gasteiger charge is 2.32. The van der Waals surface area contributed by atoms with Crippen LogP contribution in [0.25, 0.3) is 5.69 Å². The van der Waals surface area contributed by atoms with E-state index in [1.807, 2.05) is 0 Å². The fraction of sp³-hybridized carbons (Fsp3) is 0.500. The summed E-state index contributed by atoms with van der Waals surface area (Å²) >= 11 is 0. The van der Waals surface area contributed by atoms with Gasteiger partial charge in [0.2, 0.25) is 0 Å². The van der Waals surface area contributed by atoms with Crippen molar-refractivity contribution >= 4 is 5.91 Å². The second-order valence-corrected chi connectivity index (χ2v) is 7.51. The van der Waals surface area contributed by atoms with E-state index in [1.165, 1.54) is 29.7 Å². The summed E-state index contributed by atoms with van der Waals surface area (Å²) in [5.41, 5.74) is 1.50. The maximum absolute atomic E-state index is 14.1. The van der Waals surface area contributed by atoms with Gasteiger partial charge in [-0.1, -0.05) is 0 Å². The second-order valence-electron chi connectivity index (χ2n) is 7.51. The number of aromatic nitrogens is 2. The number of amides is 1. The van der Waals surface area contributed by atoms with Crippen molar-refractivity contribution in [3.63, 3.8) is 0 Å². The van der Waals surface area contributed by atoms with Crippen molar-refractivity contribution in [3.8, 4) is 5.69 Å². The molecule has 8 heteroatoms. The van der Waals surface area contributed by atoms with Crippen LogP contribution < -0.4 is 5.32 Å². The Balaban J connectivity index is 1.46. The summed E-state index contributed by atoms with van der Waals surface area (Å²) < 4.78 is 34.5. The van der Waals surface area contributed by atoms with E-state index in [4.69, 9.17) is 4.74 Å². The Labute approximate surface area is 162 Å². The Kier molecular flexibility index (Phi) is 5.16. The molecule has 28 heavy (non-hydrogen) atoms. The Morgan fingerprint density at radius 3 is 2.96 bits per heavy atom. The van der Waals surface area contributed by atoms with E-state index in [0.717, 1.165) is 19.2 Å². The average Bonchev–Trinajstić information content (AvgIpc) is 3.23. The molecule has 4 rings (SSSR count). The number of fused-ring (bicyclic) bond motifs is 1. The number of nitrogens with one attached hydrogen (secondary N) is 1. The van der Waals surface area contributed by atoms with E-state index >= 15 is 0 Å². The zero-order valence-corrected chi connectivity index (χ0v) is 16.0. The number of aryl methyl sites for hydroxylation is 1. The van der Waals surface area contributed by atoms with Crippen LogP contribution in [0.1, 0.15) is 34.6 Å². The topological polar surface area (TPSA) is 59.4 Å². The molecule has 2 fully saturated rings. The lowest BCUT2D eigenvalue weighted by molar-refractivity contribution is -0.0461. The van der Waals surface area contributed by atoms with Crippen molar-refractivity contribution in [2.24, 2.45) is 0 Å². The first-order chi connectivity index (χ1) is 13.4. The smallest absolute Gasteiger partial charge is 0.255 e. The summed E-state index contributed by atoms with van der Waals surface area (Å²) in [4.78, 5) is 15.2. The van der Waals surface area contributed by atoms with E-state index in [1.54, 1.807) is 13.8 Å². The van der Waals surface area contributed by atoms with Gasteiger partial charge in [0.1, 0.15) is 11.5 Å². The Bertz CT molecular complexity index is 899. The SMILES string of the molecule is Cc1nn(-c2ccc(F)cc2F)c(C)c1C(=O)NC[C@@H]1CN2CCC[C@H]2CO1. The molecule has 1 amide bonds. The molecule has 2 aliphatic rings. The Morgan fingerprint density at radius 2 is 2.18 bits per heavy atom. The van der Waals surface area contributed by atoms with Gasteiger partial charge in [0.25, 0.3) is 5.91 Å². The molecular weight excluding hydrogens is 366 g/mol. The Hall–Kier alpha value is -2.32. The number of hydrogen-bond acceptors (Lipinski definition) is 4. The van der Waals surface area contributed by atoms with Gasteiger partial charge >= 0.3 is 0 Å². The number of morpholine rings is 1. The van der Waals surface area contributed by atoms with E-state index in [2.05, 4.69) is 15.3 Å². The van der Waals surface area contributed by atoms with E-state index in [9.17, 15) is 13.6 Å². The van der Waals surface area contributed by atoms with Crippen molar-refractivity contribution in [2.45, 2.75) is 38.8 Å². The maximum Gasteiger partial charge on any atom is 0.255 e. The van der Waals surface area contributed by atoms with Crippen LogP contribution >= 0.6 is 0 Å². The lowest BCUT2D eigenvalue weighted by Crippen LogP contribution is -2.50. The predicted molar refractivity (Wildman–Crippen MR) is 99.6 cm³/mol. The van der Waals surface area contributed by atoms with Gasteiger partial charge in [0.15, 0.2) is 5.82 Å². The number of benzene rings is 1. The number of ether oxygens (including phenoxy) is 1. The first-order valence-electron chi connectivity index (χ1n) is 9.59. The molecule has 2 saturated heterocycles. The van der Waals surface area contributed by atoms with Gasteiger partial charge in [-0.25, -0.2) is 13.5 Å². The van der Waals surface area contributed by atoms with Crippen LogP contribution in [0.4, 0.5) is 8.78 Å². The summed E-state index contributed by atoms with van der Waals surface area (Å²) in [5.74, 6) is -1.65. The van der Waals surface area contributed by atoms with Crippen LogP contribution in [0.3, 0.4) is 0 Å². The lowest BCUT2D eigenvalue weighted by Gasteiger charge is -2.35. The van der Waals surface area contributed by atoms with Crippen molar-refractivity contribution < 1.29 is 18.3 Å². The monoisotopic (exact) mass is 390 g/mol. The minimum atomic E-state index is -0.728. The minimum absolute atomic E-state index is 0.0384. The largest absolute Gasteiger partial charge is 0.373 e. The van der Waals surface area contributed by atoms with Gasteiger partial charge in [-0.05, 0) is 45.4 Å². The molecule has 150 valence electrons. The number of nitrogens with zero attached hydrogens (tertiary/aromatic N) is 3. The molecule has 0 saturated carbocycles. The summed E-state index contributed by atoms with van der Waals surface area (Å²) in [5, 5.41) is 7.21. The summed E-state index contributed by atoms with van der Waals surface area (Å²) in [6, 6.07) is 3.80. The molecular formula is C20H24F2N4O2. The van der Waals surface area contributed by atoms with Crippen molar-refractivity contribution in [1.29, 1.82) is 0 Å². The zero-order chi connectivity index (χ0) is 19.8. The third kappa shape index (κ3) is 3.54. The lowest BCUT2D eigenvalue weighted by atomic mass is 10.1. The number of hydrogen-bond donors (Lipinski definition) is 1. The molecule has 1 aromatic heterocycles. The minimum Gasteiger partial charge on any atom is -0.373 e. The van der Waals surface area contributed by atoms with Crippen LogP contribution in [0.2, 0.25) is 0 Å². The molecule has 3 heterocycles. The highest BCUT2D eigenvalue weighted by Crippen LogP contribution is 2.23. The van der Waals surface area contributed by atoms with Gasteiger partial charge in [-0.3, -0.25) is 9.69 Å². The molecule has 1 aromatic carbocycles. The van der Waals surface area contributed by atoms with Crippen LogP contribution in [-0.2, 0) is 4.74 Å². The van der Waals surface area contributed by atoms with E-state index in [-0.39, 0.29) is 17.7 Å². The molecule has 2 aliphatic heterocycles. The van der Waals surface area contributed by atoms with Crippen molar-refractivity contribution in [1.82, 2.24) is 20.0 Å². The molecule has 0 radical (unpaired) electrons.